The van der Waals surface area contributed by atoms with Crippen LogP contribution < -0.4 is 11.1 Å². The zero-order chi connectivity index (χ0) is 17.2. The van der Waals surface area contributed by atoms with Gasteiger partial charge >= 0.3 is 6.18 Å². The van der Waals surface area contributed by atoms with Crippen LogP contribution in [-0.4, -0.2) is 40.4 Å². The summed E-state index contributed by atoms with van der Waals surface area (Å²) in [5.41, 5.74) is -1.14. The minimum atomic E-state index is -4.37. The number of aromatic amines is 1. The molecule has 0 aliphatic carbocycles. The van der Waals surface area contributed by atoms with Gasteiger partial charge in [0.05, 0.1) is 17.2 Å². The fraction of sp³-hybridized carbons (Fsp3) is 0.357. The van der Waals surface area contributed by atoms with Gasteiger partial charge in [0, 0.05) is 13.6 Å². The molecular weight excluding hydrogens is 315 g/mol. The highest BCUT2D eigenvalue weighted by Gasteiger charge is 2.28. The standard InChI is InChI=1S/C14H14F3N3O3/c1-19(7-6-14(15,16)17)11(21)8-20-13(23)10-5-3-2-4-9(10)12(22)18-20/h2-5H,6-8H2,1H3,(H,18,22). The molecule has 0 spiro atoms. The number of H-pyrrole nitrogens is 1. The van der Waals surface area contributed by atoms with Crippen molar-refractivity contribution in [2.45, 2.75) is 19.1 Å². The van der Waals surface area contributed by atoms with Crippen LogP contribution in [-0.2, 0) is 11.3 Å². The monoisotopic (exact) mass is 329 g/mol. The van der Waals surface area contributed by atoms with E-state index in [4.69, 9.17) is 0 Å². The molecule has 0 bridgehead atoms. The summed E-state index contributed by atoms with van der Waals surface area (Å²) in [7, 11) is 1.21. The van der Waals surface area contributed by atoms with Gasteiger partial charge in [0.2, 0.25) is 5.91 Å². The molecule has 0 unspecified atom stereocenters. The van der Waals surface area contributed by atoms with E-state index >= 15 is 0 Å². The molecule has 0 fully saturated rings. The summed E-state index contributed by atoms with van der Waals surface area (Å²) in [5.74, 6) is -0.706. The van der Waals surface area contributed by atoms with Crippen molar-refractivity contribution in [3.8, 4) is 0 Å². The normalized spacial score (nSPS) is 11.7. The number of aromatic nitrogens is 2. The van der Waals surface area contributed by atoms with Gasteiger partial charge < -0.3 is 4.90 Å². The molecule has 0 saturated carbocycles. The summed E-state index contributed by atoms with van der Waals surface area (Å²) in [4.78, 5) is 36.8. The Hall–Kier alpha value is -2.58. The van der Waals surface area contributed by atoms with Gasteiger partial charge in [-0.3, -0.25) is 19.5 Å². The number of alkyl halides is 3. The Morgan fingerprint density at radius 2 is 1.83 bits per heavy atom. The highest BCUT2D eigenvalue weighted by Crippen LogP contribution is 2.19. The lowest BCUT2D eigenvalue weighted by molar-refractivity contribution is -0.144. The predicted molar refractivity (Wildman–Crippen MR) is 77.1 cm³/mol. The molecule has 9 heteroatoms. The summed E-state index contributed by atoms with van der Waals surface area (Å²) in [6.45, 7) is -1.05. The first-order valence-corrected chi connectivity index (χ1v) is 6.71. The van der Waals surface area contributed by atoms with Crippen molar-refractivity contribution < 1.29 is 18.0 Å². The number of hydrogen-bond donors (Lipinski definition) is 1. The molecule has 2 rings (SSSR count). The van der Waals surface area contributed by atoms with Crippen LogP contribution in [0.15, 0.2) is 33.9 Å². The lowest BCUT2D eigenvalue weighted by Gasteiger charge is -2.18. The highest BCUT2D eigenvalue weighted by atomic mass is 19.4. The number of halogens is 3. The molecule has 0 aliphatic rings. The van der Waals surface area contributed by atoms with E-state index in [-0.39, 0.29) is 10.8 Å². The number of fused-ring (bicyclic) bond motifs is 1. The molecule has 124 valence electrons. The summed E-state index contributed by atoms with van der Waals surface area (Å²) in [6, 6.07) is 6.08. The van der Waals surface area contributed by atoms with E-state index in [1.165, 1.54) is 19.2 Å². The van der Waals surface area contributed by atoms with Crippen LogP contribution in [0.1, 0.15) is 6.42 Å². The fourth-order valence-electron chi connectivity index (χ4n) is 2.03. The van der Waals surface area contributed by atoms with E-state index in [0.29, 0.717) is 0 Å². The first-order chi connectivity index (χ1) is 10.7. The smallest absolute Gasteiger partial charge is 0.344 e. The molecule has 1 N–H and O–H groups in total. The summed E-state index contributed by atoms with van der Waals surface area (Å²) in [5, 5.41) is 2.58. The van der Waals surface area contributed by atoms with Gasteiger partial charge in [0.25, 0.3) is 11.1 Å². The van der Waals surface area contributed by atoms with Crippen LogP contribution in [0, 0.1) is 0 Å². The van der Waals surface area contributed by atoms with Gasteiger partial charge in [-0.1, -0.05) is 12.1 Å². The molecule has 0 radical (unpaired) electrons. The number of nitrogens with one attached hydrogen (secondary N) is 1. The Morgan fingerprint density at radius 1 is 1.22 bits per heavy atom. The summed E-state index contributed by atoms with van der Waals surface area (Å²) < 4.78 is 37.3. The van der Waals surface area contributed by atoms with Crippen molar-refractivity contribution in [2.24, 2.45) is 0 Å². The van der Waals surface area contributed by atoms with Gasteiger partial charge in [0.1, 0.15) is 6.54 Å². The Morgan fingerprint density at radius 3 is 2.43 bits per heavy atom. The average molecular weight is 329 g/mol. The lowest BCUT2D eigenvalue weighted by atomic mass is 10.2. The van der Waals surface area contributed by atoms with Crippen molar-refractivity contribution in [3.05, 3.63) is 45.0 Å². The van der Waals surface area contributed by atoms with E-state index in [2.05, 4.69) is 5.10 Å². The van der Waals surface area contributed by atoms with Crippen molar-refractivity contribution in [1.29, 1.82) is 0 Å². The van der Waals surface area contributed by atoms with E-state index in [9.17, 15) is 27.6 Å². The Balaban J connectivity index is 2.22. The van der Waals surface area contributed by atoms with Gasteiger partial charge in [-0.2, -0.15) is 13.2 Å². The first-order valence-electron chi connectivity index (χ1n) is 6.71. The second-order valence-electron chi connectivity index (χ2n) is 5.06. The van der Waals surface area contributed by atoms with E-state index < -0.39 is 42.7 Å². The molecule has 0 atom stereocenters. The maximum atomic E-state index is 12.2. The van der Waals surface area contributed by atoms with E-state index in [0.717, 1.165) is 9.58 Å². The van der Waals surface area contributed by atoms with Crippen molar-refractivity contribution in [3.63, 3.8) is 0 Å². The molecule has 6 nitrogen and oxygen atoms in total. The lowest BCUT2D eigenvalue weighted by Crippen LogP contribution is -2.38. The Kier molecular flexibility index (Phi) is 4.57. The van der Waals surface area contributed by atoms with Crippen molar-refractivity contribution >= 4 is 16.7 Å². The maximum Gasteiger partial charge on any atom is 0.390 e. The van der Waals surface area contributed by atoms with Gasteiger partial charge in [-0.05, 0) is 12.1 Å². The van der Waals surface area contributed by atoms with E-state index in [1.54, 1.807) is 12.1 Å². The zero-order valence-corrected chi connectivity index (χ0v) is 12.2. The minimum absolute atomic E-state index is 0.141. The minimum Gasteiger partial charge on any atom is -0.344 e. The third kappa shape index (κ3) is 3.99. The van der Waals surface area contributed by atoms with Gasteiger partial charge in [-0.25, -0.2) is 4.68 Å². The van der Waals surface area contributed by atoms with Crippen LogP contribution >= 0.6 is 0 Å². The Bertz CT molecular complexity index is 839. The first kappa shape index (κ1) is 16.8. The molecule has 23 heavy (non-hydrogen) atoms. The Labute approximate surface area is 128 Å². The van der Waals surface area contributed by atoms with Crippen LogP contribution in [0.25, 0.3) is 10.8 Å². The van der Waals surface area contributed by atoms with Crippen molar-refractivity contribution in [2.75, 3.05) is 13.6 Å². The van der Waals surface area contributed by atoms with Crippen LogP contribution in [0.3, 0.4) is 0 Å². The fourth-order valence-corrected chi connectivity index (χ4v) is 2.03. The number of benzene rings is 1. The van der Waals surface area contributed by atoms with Gasteiger partial charge in [0.15, 0.2) is 0 Å². The van der Waals surface area contributed by atoms with Crippen LogP contribution in [0.2, 0.25) is 0 Å². The predicted octanol–water partition coefficient (Wildman–Crippen LogP) is 1.10. The number of carbonyl (C=O) groups excluding carboxylic acids is 1. The SMILES string of the molecule is CN(CCC(F)(F)F)C(=O)Cn1[nH]c(=O)c2ccccc2c1=O. The number of hydrogen-bond acceptors (Lipinski definition) is 3. The summed E-state index contributed by atoms with van der Waals surface area (Å²) in [6.07, 6.45) is -5.51. The van der Waals surface area contributed by atoms with Crippen molar-refractivity contribution in [1.82, 2.24) is 14.7 Å². The average Bonchev–Trinajstić information content (AvgIpc) is 2.49. The van der Waals surface area contributed by atoms with E-state index in [1.807, 2.05) is 0 Å². The molecule has 1 aromatic carbocycles. The molecular formula is C14H14F3N3O3. The molecule has 0 aliphatic heterocycles. The number of amides is 1. The maximum absolute atomic E-state index is 12.2. The topological polar surface area (TPSA) is 75.2 Å². The second kappa shape index (κ2) is 6.27. The molecule has 0 saturated heterocycles. The molecule has 1 amide bonds. The largest absolute Gasteiger partial charge is 0.390 e. The van der Waals surface area contributed by atoms with Crippen LogP contribution in [0.5, 0.6) is 0 Å². The third-order valence-corrected chi connectivity index (χ3v) is 3.33. The second-order valence-corrected chi connectivity index (χ2v) is 5.06. The number of rotatable bonds is 4. The molecule has 2 aromatic rings. The molecule has 1 heterocycles. The van der Waals surface area contributed by atoms with Gasteiger partial charge in [-0.15, -0.1) is 0 Å². The third-order valence-electron chi connectivity index (χ3n) is 3.33. The summed E-state index contributed by atoms with van der Waals surface area (Å²) >= 11 is 0. The number of carbonyl (C=O) groups is 1. The quantitative estimate of drug-likeness (QED) is 0.913. The number of nitrogens with zero attached hydrogens (tertiary/aromatic N) is 2. The zero-order valence-electron chi connectivity index (χ0n) is 12.2. The van der Waals surface area contributed by atoms with Crippen LogP contribution in [0.4, 0.5) is 13.2 Å². The molecule has 1 aromatic heterocycles. The highest BCUT2D eigenvalue weighted by molar-refractivity contribution is 5.81. The number of likely N-dealkylation sites (N-methyl/N-ethyl adjacent to an activating group) is 1.